The van der Waals surface area contributed by atoms with Crippen molar-refractivity contribution in [2.75, 3.05) is 6.54 Å². The second-order valence-electron chi connectivity index (χ2n) is 8.46. The Morgan fingerprint density at radius 3 is 2.64 bits per heavy atom. The third-order valence-electron chi connectivity index (χ3n) is 6.46. The number of primary amides is 1. The third-order valence-corrected chi connectivity index (χ3v) is 6.85. The molecule has 1 saturated heterocycles. The molecule has 0 aliphatic carbocycles. The first-order valence-corrected chi connectivity index (χ1v) is 11.7. The predicted molar refractivity (Wildman–Crippen MR) is 130 cm³/mol. The predicted octanol–water partition coefficient (Wildman–Crippen LogP) is 3.03. The average molecular weight is 463 g/mol. The molecule has 0 spiro atoms. The van der Waals surface area contributed by atoms with Crippen LogP contribution < -0.4 is 11.3 Å². The summed E-state index contributed by atoms with van der Waals surface area (Å²) in [6.45, 7) is 3.18. The SMILES string of the molecule is CCc1ccc(-n2c(=O)c3ccccc3n3c(=S)n(CN4CCCCC4C(N)=O)nc23)cc1. The molecule has 0 radical (unpaired) electrons. The van der Waals surface area contributed by atoms with Crippen LogP contribution >= 0.6 is 12.2 Å². The van der Waals surface area contributed by atoms with Gasteiger partial charge in [0.2, 0.25) is 16.5 Å². The van der Waals surface area contributed by atoms with Gasteiger partial charge in [-0.25, -0.2) is 9.25 Å². The first-order valence-electron chi connectivity index (χ1n) is 11.3. The minimum atomic E-state index is -0.342. The van der Waals surface area contributed by atoms with Crippen molar-refractivity contribution in [1.29, 1.82) is 0 Å². The number of nitrogens with zero attached hydrogens (tertiary/aromatic N) is 5. The van der Waals surface area contributed by atoms with Gasteiger partial charge in [-0.1, -0.05) is 37.6 Å². The quantitative estimate of drug-likeness (QED) is 0.461. The summed E-state index contributed by atoms with van der Waals surface area (Å²) in [5.41, 5.74) is 8.13. The number of fused-ring (bicyclic) bond motifs is 3. The number of rotatable bonds is 5. The normalized spacial score (nSPS) is 17.1. The number of aryl methyl sites for hydroxylation is 1. The highest BCUT2D eigenvalue weighted by atomic mass is 32.1. The molecular formula is C24H26N6O2S. The highest BCUT2D eigenvalue weighted by Crippen LogP contribution is 2.21. The Kier molecular flexibility index (Phi) is 5.59. The highest BCUT2D eigenvalue weighted by molar-refractivity contribution is 7.71. The zero-order valence-corrected chi connectivity index (χ0v) is 19.3. The number of hydrogen-bond donors (Lipinski definition) is 1. The Bertz CT molecular complexity index is 1470. The monoisotopic (exact) mass is 462 g/mol. The molecule has 3 heterocycles. The number of likely N-dealkylation sites (tertiary alicyclic amines) is 1. The summed E-state index contributed by atoms with van der Waals surface area (Å²) in [4.78, 5) is 27.6. The van der Waals surface area contributed by atoms with Crippen LogP contribution in [0, 0.1) is 4.77 Å². The van der Waals surface area contributed by atoms with Crippen LogP contribution in [0.4, 0.5) is 0 Å². The van der Waals surface area contributed by atoms with E-state index in [1.54, 1.807) is 15.3 Å². The number of carbonyl (C=O) groups excluding carboxylic acids is 1. The molecule has 2 aromatic carbocycles. The molecule has 33 heavy (non-hydrogen) atoms. The van der Waals surface area contributed by atoms with Gasteiger partial charge in [-0.3, -0.25) is 18.9 Å². The van der Waals surface area contributed by atoms with Gasteiger partial charge in [0.15, 0.2) is 0 Å². The molecule has 1 atom stereocenters. The fourth-order valence-electron chi connectivity index (χ4n) is 4.67. The number of aromatic nitrogens is 4. The molecule has 1 unspecified atom stereocenters. The minimum Gasteiger partial charge on any atom is -0.368 e. The van der Waals surface area contributed by atoms with Crippen molar-refractivity contribution >= 4 is 34.8 Å². The van der Waals surface area contributed by atoms with Crippen molar-refractivity contribution in [2.24, 2.45) is 5.73 Å². The molecule has 8 nitrogen and oxygen atoms in total. The van der Waals surface area contributed by atoms with Gasteiger partial charge in [0.25, 0.3) is 5.56 Å². The Morgan fingerprint density at radius 2 is 1.91 bits per heavy atom. The molecule has 170 valence electrons. The number of piperidine rings is 1. The summed E-state index contributed by atoms with van der Waals surface area (Å²) < 4.78 is 5.60. The molecule has 1 fully saturated rings. The number of hydrogen-bond acceptors (Lipinski definition) is 5. The molecule has 1 aliphatic rings. The highest BCUT2D eigenvalue weighted by Gasteiger charge is 2.28. The van der Waals surface area contributed by atoms with Crippen LogP contribution in [0.3, 0.4) is 0 Å². The second-order valence-corrected chi connectivity index (χ2v) is 8.83. The molecule has 4 aromatic rings. The van der Waals surface area contributed by atoms with Gasteiger partial charge in [-0.05, 0) is 61.3 Å². The van der Waals surface area contributed by atoms with E-state index in [2.05, 4.69) is 6.92 Å². The van der Waals surface area contributed by atoms with Crippen LogP contribution in [-0.2, 0) is 17.9 Å². The lowest BCUT2D eigenvalue weighted by molar-refractivity contribution is -0.125. The molecule has 5 rings (SSSR count). The standard InChI is InChI=1S/C24H26N6O2S/c1-2-16-10-12-17(13-11-16)29-22(32)18-7-3-4-8-19(18)30-23(29)26-28(24(30)33)15-27-14-6-5-9-20(27)21(25)31/h3-4,7-8,10-13,20H,2,5-6,9,14-15H2,1H3,(H2,25,31). The molecule has 0 bridgehead atoms. The van der Waals surface area contributed by atoms with Crippen molar-refractivity contribution in [2.45, 2.75) is 45.3 Å². The van der Waals surface area contributed by atoms with Crippen LogP contribution in [0.2, 0.25) is 0 Å². The van der Waals surface area contributed by atoms with E-state index in [1.165, 1.54) is 5.56 Å². The van der Waals surface area contributed by atoms with Crippen LogP contribution in [0.1, 0.15) is 31.7 Å². The van der Waals surface area contributed by atoms with Crippen molar-refractivity contribution in [3.8, 4) is 5.69 Å². The van der Waals surface area contributed by atoms with Crippen molar-refractivity contribution in [3.63, 3.8) is 0 Å². The van der Waals surface area contributed by atoms with Gasteiger partial charge >= 0.3 is 0 Å². The number of para-hydroxylation sites is 1. The van der Waals surface area contributed by atoms with Gasteiger partial charge in [-0.15, -0.1) is 5.10 Å². The molecule has 2 aromatic heterocycles. The van der Waals surface area contributed by atoms with Crippen LogP contribution in [0.15, 0.2) is 53.3 Å². The number of carbonyl (C=O) groups is 1. The number of amides is 1. The van der Waals surface area contributed by atoms with E-state index >= 15 is 0 Å². The van der Waals surface area contributed by atoms with E-state index in [4.69, 9.17) is 23.1 Å². The van der Waals surface area contributed by atoms with E-state index in [0.717, 1.165) is 37.9 Å². The topological polar surface area (TPSA) is 90.6 Å². The van der Waals surface area contributed by atoms with Crippen LogP contribution in [0.25, 0.3) is 22.4 Å². The van der Waals surface area contributed by atoms with E-state index in [9.17, 15) is 9.59 Å². The maximum atomic E-state index is 13.5. The largest absolute Gasteiger partial charge is 0.368 e. The Hall–Kier alpha value is -3.30. The Labute approximate surface area is 195 Å². The molecule has 1 aliphatic heterocycles. The van der Waals surface area contributed by atoms with Crippen LogP contribution in [-0.4, -0.2) is 42.1 Å². The lowest BCUT2D eigenvalue weighted by Crippen LogP contribution is -2.48. The van der Waals surface area contributed by atoms with Gasteiger partial charge in [-0.2, -0.15) is 0 Å². The first kappa shape index (κ1) is 21.5. The summed E-state index contributed by atoms with van der Waals surface area (Å²) in [7, 11) is 0. The summed E-state index contributed by atoms with van der Waals surface area (Å²) in [6.07, 6.45) is 3.60. The molecule has 2 N–H and O–H groups in total. The van der Waals surface area contributed by atoms with Crippen molar-refractivity contribution < 1.29 is 4.79 Å². The van der Waals surface area contributed by atoms with Gasteiger partial charge in [0.1, 0.15) is 0 Å². The lowest BCUT2D eigenvalue weighted by Gasteiger charge is -2.33. The van der Waals surface area contributed by atoms with Gasteiger partial charge in [0, 0.05) is 6.54 Å². The molecule has 1 amide bonds. The fourth-order valence-corrected chi connectivity index (χ4v) is 4.95. The summed E-state index contributed by atoms with van der Waals surface area (Å²) in [6, 6.07) is 15.0. The van der Waals surface area contributed by atoms with Crippen molar-refractivity contribution in [1.82, 2.24) is 23.6 Å². The Morgan fingerprint density at radius 1 is 1.15 bits per heavy atom. The van der Waals surface area contributed by atoms with E-state index in [-0.39, 0.29) is 17.5 Å². The lowest BCUT2D eigenvalue weighted by atomic mass is 10.0. The van der Waals surface area contributed by atoms with Crippen molar-refractivity contribution in [3.05, 3.63) is 69.2 Å². The molecule has 9 heteroatoms. The molecular weight excluding hydrogens is 436 g/mol. The average Bonchev–Trinajstić information content (AvgIpc) is 3.15. The minimum absolute atomic E-state index is 0.150. The fraction of sp³-hybridized carbons (Fsp3) is 0.333. The smallest absolute Gasteiger partial charge is 0.267 e. The maximum Gasteiger partial charge on any atom is 0.267 e. The van der Waals surface area contributed by atoms with E-state index in [0.29, 0.717) is 28.1 Å². The second kappa shape index (κ2) is 8.57. The third kappa shape index (κ3) is 3.67. The van der Waals surface area contributed by atoms with Gasteiger partial charge < -0.3 is 5.73 Å². The number of nitrogens with two attached hydrogens (primary N) is 1. The zero-order chi connectivity index (χ0) is 23.1. The Balaban J connectivity index is 1.73. The van der Waals surface area contributed by atoms with E-state index in [1.807, 2.05) is 51.8 Å². The maximum absolute atomic E-state index is 13.5. The van der Waals surface area contributed by atoms with Gasteiger partial charge in [0.05, 0.1) is 29.3 Å². The summed E-state index contributed by atoms with van der Waals surface area (Å²) in [5.74, 6) is 0.115. The summed E-state index contributed by atoms with van der Waals surface area (Å²) in [5, 5.41) is 5.34. The summed E-state index contributed by atoms with van der Waals surface area (Å²) >= 11 is 5.82. The molecule has 0 saturated carbocycles. The zero-order valence-electron chi connectivity index (χ0n) is 18.5. The van der Waals surface area contributed by atoms with Crippen LogP contribution in [0.5, 0.6) is 0 Å². The number of benzene rings is 2. The first-order chi connectivity index (χ1) is 16.0. The van der Waals surface area contributed by atoms with E-state index < -0.39 is 0 Å².